The van der Waals surface area contributed by atoms with Crippen LogP contribution in [0.2, 0.25) is 0 Å². The van der Waals surface area contributed by atoms with Crippen LogP contribution in [0, 0.1) is 0 Å². The van der Waals surface area contributed by atoms with Crippen LogP contribution in [0.4, 0.5) is 0 Å². The monoisotopic (exact) mass is 95.0 g/mol. The van der Waals surface area contributed by atoms with Crippen molar-refractivity contribution < 1.29 is 4.42 Å². The zero-order chi connectivity index (χ0) is 5.11. The predicted molar refractivity (Wildman–Crippen MR) is 26.6 cm³/mol. The van der Waals surface area contributed by atoms with E-state index >= 15 is 0 Å². The Labute approximate surface area is 41.5 Å². The van der Waals surface area contributed by atoms with E-state index in [-0.39, 0.29) is 0 Å². The molecule has 1 aromatic heterocycles. The highest BCUT2D eigenvalue weighted by atomic mass is 16.3. The van der Waals surface area contributed by atoms with E-state index in [4.69, 9.17) is 0 Å². The van der Waals surface area contributed by atoms with Crippen molar-refractivity contribution in [2.75, 3.05) is 0 Å². The average Bonchev–Trinajstić information content (AvgIpc) is 2.14. The molecule has 0 amide bonds. The Morgan fingerprint density at radius 3 is 3.00 bits per heavy atom. The second-order valence-corrected chi connectivity index (χ2v) is 1.12. The van der Waals surface area contributed by atoms with E-state index in [0.29, 0.717) is 0 Å². The van der Waals surface area contributed by atoms with Gasteiger partial charge in [0.2, 0.25) is 0 Å². The van der Waals surface area contributed by atoms with Gasteiger partial charge in [-0.05, 0) is 6.08 Å². The number of nitrogens with zero attached hydrogens (tertiary/aromatic N) is 1. The molecule has 2 nitrogen and oxygen atoms in total. The lowest BCUT2D eigenvalue weighted by Gasteiger charge is -1.67. The molecule has 1 aromatic rings. The third-order valence-electron chi connectivity index (χ3n) is 0.661. The third kappa shape index (κ3) is 0.682. The molecule has 0 N–H and O–H groups in total. The lowest BCUT2D eigenvalue weighted by atomic mass is 10.5. The minimum absolute atomic E-state index is 0.778. The van der Waals surface area contributed by atoms with Crippen molar-refractivity contribution in [3.8, 4) is 0 Å². The van der Waals surface area contributed by atoms with Crippen molar-refractivity contribution >= 4 is 6.08 Å². The summed E-state index contributed by atoms with van der Waals surface area (Å²) in [6.07, 6.45) is 4.54. The molecule has 0 aliphatic heterocycles. The third-order valence-corrected chi connectivity index (χ3v) is 0.661. The average molecular weight is 95.1 g/mol. The van der Waals surface area contributed by atoms with E-state index < -0.39 is 0 Å². The van der Waals surface area contributed by atoms with Crippen molar-refractivity contribution in [3.05, 3.63) is 24.9 Å². The van der Waals surface area contributed by atoms with Crippen LogP contribution in [0.25, 0.3) is 6.08 Å². The second kappa shape index (κ2) is 1.60. The minimum atomic E-state index is 0.778. The Hall–Kier alpha value is -1.05. The Kier molecular flexibility index (Phi) is 0.941. The Balaban J connectivity index is 2.96. The van der Waals surface area contributed by atoms with E-state index in [1.54, 1.807) is 6.08 Å². The van der Waals surface area contributed by atoms with Gasteiger partial charge in [-0.3, -0.25) is 0 Å². The SMILES string of the molecule is C=Cc1cocn1. The fourth-order valence-electron chi connectivity index (χ4n) is 0.323. The van der Waals surface area contributed by atoms with Gasteiger partial charge < -0.3 is 4.42 Å². The molecule has 0 aromatic carbocycles. The van der Waals surface area contributed by atoms with Gasteiger partial charge in [-0.1, -0.05) is 6.58 Å². The highest BCUT2D eigenvalue weighted by molar-refractivity contribution is 5.38. The first kappa shape index (κ1) is 4.12. The molecule has 0 unspecified atom stereocenters. The molecule has 0 spiro atoms. The molecule has 1 heterocycles. The lowest BCUT2D eigenvalue weighted by Crippen LogP contribution is -1.61. The molecule has 0 saturated heterocycles. The smallest absolute Gasteiger partial charge is 0.181 e. The standard InChI is InChI=1S/C5H5NO/c1-2-5-3-7-4-6-5/h2-4H,1H2. The fourth-order valence-corrected chi connectivity index (χ4v) is 0.323. The maximum Gasteiger partial charge on any atom is 0.181 e. The largest absolute Gasteiger partial charge is 0.451 e. The maximum absolute atomic E-state index is 4.62. The summed E-state index contributed by atoms with van der Waals surface area (Å²) in [7, 11) is 0. The number of hydrogen-bond acceptors (Lipinski definition) is 2. The molecule has 7 heavy (non-hydrogen) atoms. The van der Waals surface area contributed by atoms with E-state index in [1.165, 1.54) is 12.7 Å². The van der Waals surface area contributed by atoms with Gasteiger partial charge in [-0.2, -0.15) is 0 Å². The van der Waals surface area contributed by atoms with E-state index in [1.807, 2.05) is 0 Å². The first-order chi connectivity index (χ1) is 3.43. The predicted octanol–water partition coefficient (Wildman–Crippen LogP) is 1.32. The summed E-state index contributed by atoms with van der Waals surface area (Å²) in [6, 6.07) is 0. The van der Waals surface area contributed by atoms with Crippen LogP contribution in [0.1, 0.15) is 5.69 Å². The van der Waals surface area contributed by atoms with Gasteiger partial charge in [0.15, 0.2) is 6.39 Å². The quantitative estimate of drug-likeness (QED) is 0.525. The molecule has 0 saturated carbocycles. The Bertz CT molecular complexity index is 143. The second-order valence-electron chi connectivity index (χ2n) is 1.12. The van der Waals surface area contributed by atoms with Crippen molar-refractivity contribution in [2.45, 2.75) is 0 Å². The van der Waals surface area contributed by atoms with Crippen molar-refractivity contribution in [1.29, 1.82) is 0 Å². The molecule has 0 bridgehead atoms. The Morgan fingerprint density at radius 1 is 1.86 bits per heavy atom. The zero-order valence-corrected chi connectivity index (χ0v) is 3.79. The van der Waals surface area contributed by atoms with Gasteiger partial charge in [-0.15, -0.1) is 0 Å². The van der Waals surface area contributed by atoms with E-state index in [9.17, 15) is 0 Å². The summed E-state index contributed by atoms with van der Waals surface area (Å²) < 4.78 is 4.62. The summed E-state index contributed by atoms with van der Waals surface area (Å²) in [5, 5.41) is 0. The Morgan fingerprint density at radius 2 is 2.71 bits per heavy atom. The maximum atomic E-state index is 4.62. The van der Waals surface area contributed by atoms with Gasteiger partial charge in [0, 0.05) is 0 Å². The molecule has 0 radical (unpaired) electrons. The summed E-state index contributed by atoms with van der Waals surface area (Å²) >= 11 is 0. The molecule has 0 aliphatic rings. The summed E-state index contributed by atoms with van der Waals surface area (Å²) in [4.78, 5) is 3.75. The molecular formula is C5H5NO. The summed E-state index contributed by atoms with van der Waals surface area (Å²) in [5.74, 6) is 0. The number of hydrogen-bond donors (Lipinski definition) is 0. The van der Waals surface area contributed by atoms with E-state index in [2.05, 4.69) is 16.0 Å². The number of aromatic nitrogens is 1. The van der Waals surface area contributed by atoms with Crippen LogP contribution < -0.4 is 0 Å². The molecule has 0 fully saturated rings. The van der Waals surface area contributed by atoms with Gasteiger partial charge in [0.1, 0.15) is 12.0 Å². The minimum Gasteiger partial charge on any atom is -0.451 e. The van der Waals surface area contributed by atoms with Gasteiger partial charge >= 0.3 is 0 Å². The van der Waals surface area contributed by atoms with Crippen LogP contribution >= 0.6 is 0 Å². The van der Waals surface area contributed by atoms with Crippen molar-refractivity contribution in [1.82, 2.24) is 4.98 Å². The van der Waals surface area contributed by atoms with E-state index in [0.717, 1.165) is 5.69 Å². The molecule has 1 rings (SSSR count). The summed E-state index contributed by atoms with van der Waals surface area (Å²) in [5.41, 5.74) is 0.778. The highest BCUT2D eigenvalue weighted by Crippen LogP contribution is 1.92. The van der Waals surface area contributed by atoms with Gasteiger partial charge in [-0.25, -0.2) is 4.98 Å². The van der Waals surface area contributed by atoms with Crippen LogP contribution in [0.3, 0.4) is 0 Å². The normalized spacial score (nSPS) is 8.57. The molecule has 2 heteroatoms. The molecular weight excluding hydrogens is 90.1 g/mol. The van der Waals surface area contributed by atoms with Crippen LogP contribution in [-0.4, -0.2) is 4.98 Å². The van der Waals surface area contributed by atoms with Crippen molar-refractivity contribution in [2.24, 2.45) is 0 Å². The molecule has 36 valence electrons. The highest BCUT2D eigenvalue weighted by Gasteiger charge is 1.81. The summed E-state index contributed by atoms with van der Waals surface area (Å²) in [6.45, 7) is 3.48. The van der Waals surface area contributed by atoms with Crippen molar-refractivity contribution in [3.63, 3.8) is 0 Å². The van der Waals surface area contributed by atoms with Crippen LogP contribution in [0.5, 0.6) is 0 Å². The zero-order valence-electron chi connectivity index (χ0n) is 3.79. The molecule has 0 atom stereocenters. The molecule has 0 aliphatic carbocycles. The topological polar surface area (TPSA) is 26.0 Å². The first-order valence-electron chi connectivity index (χ1n) is 1.94. The van der Waals surface area contributed by atoms with Gasteiger partial charge in [0.05, 0.1) is 0 Å². The first-order valence-corrected chi connectivity index (χ1v) is 1.94. The number of oxazole rings is 1. The fraction of sp³-hybridized carbons (Fsp3) is 0. The lowest BCUT2D eigenvalue weighted by molar-refractivity contribution is 0.557. The van der Waals surface area contributed by atoms with Gasteiger partial charge in [0.25, 0.3) is 0 Å². The van der Waals surface area contributed by atoms with Crippen LogP contribution in [-0.2, 0) is 0 Å². The number of rotatable bonds is 1. The van der Waals surface area contributed by atoms with Crippen LogP contribution in [0.15, 0.2) is 23.7 Å².